The second-order valence-electron chi connectivity index (χ2n) is 11.3. The highest BCUT2D eigenvalue weighted by Crippen LogP contribution is 2.43. The van der Waals surface area contributed by atoms with E-state index in [4.69, 9.17) is 14.2 Å². The number of halogens is 3. The van der Waals surface area contributed by atoms with E-state index in [0.717, 1.165) is 67.2 Å². The Morgan fingerprint density at radius 2 is 1.82 bits per heavy atom. The van der Waals surface area contributed by atoms with Gasteiger partial charge >= 0.3 is 12.1 Å². The molecule has 0 amide bonds. The third kappa shape index (κ3) is 5.94. The summed E-state index contributed by atoms with van der Waals surface area (Å²) in [6.07, 6.45) is 0.688. The molecule has 0 spiro atoms. The first kappa shape index (κ1) is 26.4. The van der Waals surface area contributed by atoms with Crippen LogP contribution in [0.3, 0.4) is 0 Å². The first-order chi connectivity index (χ1) is 18.0. The van der Waals surface area contributed by atoms with Crippen molar-refractivity contribution in [3.8, 4) is 11.5 Å². The Hall–Kier alpha value is -3.16. The van der Waals surface area contributed by atoms with Crippen molar-refractivity contribution in [2.75, 3.05) is 11.4 Å². The smallest absolute Gasteiger partial charge is 0.419 e. The lowest BCUT2D eigenvalue weighted by Gasteiger charge is -2.19. The van der Waals surface area contributed by atoms with Crippen LogP contribution in [0.15, 0.2) is 47.7 Å². The summed E-state index contributed by atoms with van der Waals surface area (Å²) < 4.78 is 58.4. The number of hydrogen-bond acceptors (Lipinski definition) is 5. The minimum Gasteiger partial charge on any atom is -0.490 e. The number of alkyl halides is 3. The van der Waals surface area contributed by atoms with Gasteiger partial charge in [0.2, 0.25) is 0 Å². The molecule has 1 aliphatic carbocycles. The predicted octanol–water partition coefficient (Wildman–Crippen LogP) is 7.36. The number of nitrogens with zero attached hydrogens (tertiary/aromatic N) is 1. The molecule has 3 aliphatic rings. The lowest BCUT2D eigenvalue weighted by Crippen LogP contribution is -2.24. The zero-order valence-corrected chi connectivity index (χ0v) is 22.1. The summed E-state index contributed by atoms with van der Waals surface area (Å²) in [5, 5.41) is 0. The molecule has 0 N–H and O–H groups in total. The molecule has 1 saturated carbocycles. The highest BCUT2D eigenvalue weighted by Gasteiger charge is 2.36. The van der Waals surface area contributed by atoms with Crippen LogP contribution in [0.25, 0.3) is 0 Å². The number of anilines is 1. The zero-order chi connectivity index (χ0) is 27.1. The Balaban J connectivity index is 1.26. The fourth-order valence-electron chi connectivity index (χ4n) is 5.53. The molecule has 38 heavy (non-hydrogen) atoms. The fraction of sp³-hybridized carbons (Fsp3) is 0.500. The van der Waals surface area contributed by atoms with Gasteiger partial charge in [-0.05, 0) is 99.9 Å². The largest absolute Gasteiger partial charge is 0.490 e. The van der Waals surface area contributed by atoms with Gasteiger partial charge in [-0.25, -0.2) is 0 Å². The minimum absolute atomic E-state index is 0.0158. The monoisotopic (exact) mass is 529 g/mol. The molecule has 2 aliphatic heterocycles. The average molecular weight is 530 g/mol. The first-order valence-electron chi connectivity index (χ1n) is 13.3. The number of esters is 1. The molecule has 0 radical (unpaired) electrons. The number of carbonyl (C=O) groups excluding carboxylic acids is 1. The van der Waals surface area contributed by atoms with Crippen LogP contribution in [0.4, 0.5) is 18.9 Å². The van der Waals surface area contributed by atoms with Crippen molar-refractivity contribution in [1.82, 2.24) is 0 Å². The molecular formula is C30H34F3NO4. The molecule has 0 aromatic heterocycles. The number of allylic oxidation sites excluding steroid dienone is 1. The Morgan fingerprint density at radius 1 is 1.05 bits per heavy atom. The molecule has 1 fully saturated rings. The van der Waals surface area contributed by atoms with Crippen LogP contribution in [-0.4, -0.2) is 24.2 Å². The van der Waals surface area contributed by atoms with Crippen LogP contribution in [0.5, 0.6) is 11.5 Å². The quantitative estimate of drug-likeness (QED) is 0.351. The van der Waals surface area contributed by atoms with Gasteiger partial charge in [0.1, 0.15) is 23.7 Å². The van der Waals surface area contributed by atoms with Crippen LogP contribution >= 0.6 is 0 Å². The summed E-state index contributed by atoms with van der Waals surface area (Å²) in [5.41, 5.74) is 3.54. The van der Waals surface area contributed by atoms with E-state index in [1.165, 1.54) is 6.07 Å². The molecule has 2 heterocycles. The van der Waals surface area contributed by atoms with Crippen LogP contribution in [0.2, 0.25) is 0 Å². The summed E-state index contributed by atoms with van der Waals surface area (Å²) in [6.45, 7) is 6.41. The molecule has 5 nitrogen and oxygen atoms in total. The van der Waals surface area contributed by atoms with Crippen molar-refractivity contribution in [3.63, 3.8) is 0 Å². The third-order valence-electron chi connectivity index (χ3n) is 7.20. The molecule has 204 valence electrons. The third-order valence-corrected chi connectivity index (χ3v) is 7.20. The second kappa shape index (κ2) is 10.2. The first-order valence-corrected chi connectivity index (χ1v) is 13.3. The van der Waals surface area contributed by atoms with Crippen LogP contribution in [0, 0.1) is 0 Å². The maximum Gasteiger partial charge on any atom is 0.419 e. The van der Waals surface area contributed by atoms with Crippen molar-refractivity contribution < 1.29 is 32.2 Å². The predicted molar refractivity (Wildman–Crippen MR) is 138 cm³/mol. The Labute approximate surface area is 221 Å². The molecule has 0 atom stereocenters. The second-order valence-corrected chi connectivity index (χ2v) is 11.3. The van der Waals surface area contributed by atoms with E-state index < -0.39 is 17.3 Å². The fourth-order valence-corrected chi connectivity index (χ4v) is 5.53. The molecule has 0 bridgehead atoms. The van der Waals surface area contributed by atoms with Crippen LogP contribution in [0.1, 0.15) is 76.0 Å². The topological polar surface area (TPSA) is 48.0 Å². The lowest BCUT2D eigenvalue weighted by atomic mass is 10.0. The molecule has 0 saturated heterocycles. The molecule has 0 unspecified atom stereocenters. The van der Waals surface area contributed by atoms with Crippen molar-refractivity contribution in [3.05, 3.63) is 64.4 Å². The number of fused-ring (bicyclic) bond motifs is 3. The van der Waals surface area contributed by atoms with E-state index in [0.29, 0.717) is 17.7 Å². The number of rotatable bonds is 7. The highest BCUT2D eigenvalue weighted by atomic mass is 19.4. The molecule has 2 aromatic rings. The van der Waals surface area contributed by atoms with Gasteiger partial charge in [0, 0.05) is 24.4 Å². The summed E-state index contributed by atoms with van der Waals surface area (Å²) in [5.74, 6) is 0.264. The van der Waals surface area contributed by atoms with E-state index in [2.05, 4.69) is 4.90 Å². The summed E-state index contributed by atoms with van der Waals surface area (Å²) in [4.78, 5) is 14.6. The van der Waals surface area contributed by atoms with E-state index in [-0.39, 0.29) is 30.9 Å². The SMILES string of the molecule is CC(C)(C)OC(=O)CC1=C2Cc3cc(OCc4ccc(OC5CCCC5)c(C(F)(F)F)c4)ccc3N2CC1. The Morgan fingerprint density at radius 3 is 2.53 bits per heavy atom. The van der Waals surface area contributed by atoms with Crippen molar-refractivity contribution in [1.29, 1.82) is 0 Å². The van der Waals surface area contributed by atoms with Gasteiger partial charge in [-0.15, -0.1) is 0 Å². The molecular weight excluding hydrogens is 495 g/mol. The molecule has 2 aromatic carbocycles. The molecule has 5 rings (SSSR count). The highest BCUT2D eigenvalue weighted by molar-refractivity contribution is 5.76. The van der Waals surface area contributed by atoms with E-state index in [9.17, 15) is 18.0 Å². The standard InChI is InChI=1S/C30H34F3NO4/c1-29(2,3)38-28(35)17-20-12-13-34-25-10-9-23(15-21(25)16-26(20)34)36-18-19-8-11-27(24(14-19)30(31,32)33)37-22-6-4-5-7-22/h8-11,14-15,22H,4-7,12-13,16-18H2,1-3H3. The van der Waals surface area contributed by atoms with E-state index in [1.54, 1.807) is 6.07 Å². The van der Waals surface area contributed by atoms with Crippen molar-refractivity contribution >= 4 is 11.7 Å². The number of carbonyl (C=O) groups is 1. The van der Waals surface area contributed by atoms with E-state index in [1.807, 2.05) is 39.0 Å². The van der Waals surface area contributed by atoms with Gasteiger partial charge in [0.25, 0.3) is 0 Å². The van der Waals surface area contributed by atoms with Gasteiger partial charge in [0.05, 0.1) is 18.1 Å². The van der Waals surface area contributed by atoms with Gasteiger partial charge in [-0.2, -0.15) is 13.2 Å². The van der Waals surface area contributed by atoms with Crippen LogP contribution < -0.4 is 14.4 Å². The van der Waals surface area contributed by atoms with Gasteiger partial charge in [-0.1, -0.05) is 6.07 Å². The van der Waals surface area contributed by atoms with Crippen molar-refractivity contribution in [2.24, 2.45) is 0 Å². The lowest BCUT2D eigenvalue weighted by molar-refractivity contribution is -0.154. The summed E-state index contributed by atoms with van der Waals surface area (Å²) in [6, 6.07) is 9.94. The minimum atomic E-state index is -4.51. The van der Waals surface area contributed by atoms with Gasteiger partial charge in [-0.3, -0.25) is 4.79 Å². The molecule has 8 heteroatoms. The van der Waals surface area contributed by atoms with Crippen LogP contribution in [-0.2, 0) is 28.7 Å². The summed E-state index contributed by atoms with van der Waals surface area (Å²) in [7, 11) is 0. The van der Waals surface area contributed by atoms with Gasteiger partial charge in [0.15, 0.2) is 0 Å². The summed E-state index contributed by atoms with van der Waals surface area (Å²) >= 11 is 0. The maximum absolute atomic E-state index is 13.8. The normalized spacial score (nSPS) is 17.6. The maximum atomic E-state index is 13.8. The Kier molecular flexibility index (Phi) is 7.09. The number of hydrogen-bond donors (Lipinski definition) is 0. The zero-order valence-electron chi connectivity index (χ0n) is 22.1. The van der Waals surface area contributed by atoms with Gasteiger partial charge < -0.3 is 19.1 Å². The van der Waals surface area contributed by atoms with Crippen molar-refractivity contribution in [2.45, 2.75) is 90.2 Å². The van der Waals surface area contributed by atoms with E-state index >= 15 is 0 Å². The number of benzene rings is 2. The average Bonchev–Trinajstić information content (AvgIpc) is 3.55. The number of ether oxygens (including phenoxy) is 3. The Bertz CT molecular complexity index is 1240.